The van der Waals surface area contributed by atoms with Crippen molar-refractivity contribution in [3.8, 4) is 5.75 Å². The molecule has 1 aromatic rings. The quantitative estimate of drug-likeness (QED) is 0.615. The maximum Gasteiger partial charge on any atom is 0.222 e. The third kappa shape index (κ3) is 3.89. The molecule has 1 aromatic carbocycles. The van der Waals surface area contributed by atoms with Crippen LogP contribution in [-0.2, 0) is 4.79 Å². The number of nitrogen functional groups attached to an aromatic ring is 1. The van der Waals surface area contributed by atoms with Gasteiger partial charge < -0.3 is 15.4 Å². The molecule has 2 rings (SSSR count). The molecule has 1 aliphatic rings. The molecule has 0 spiro atoms. The summed E-state index contributed by atoms with van der Waals surface area (Å²) in [4.78, 5) is 13.8. The largest absolute Gasteiger partial charge is 0.491 e. The van der Waals surface area contributed by atoms with Crippen molar-refractivity contribution < 1.29 is 9.53 Å². The Kier molecular flexibility index (Phi) is 5.27. The highest BCUT2D eigenvalue weighted by atomic mass is 16.5. The van der Waals surface area contributed by atoms with Gasteiger partial charge in [-0.2, -0.15) is 0 Å². The van der Waals surface area contributed by atoms with Gasteiger partial charge in [-0.1, -0.05) is 25.5 Å². The molecule has 4 heteroatoms. The Labute approximate surface area is 120 Å². The lowest BCUT2D eigenvalue weighted by Gasteiger charge is -2.17. The molecule has 20 heavy (non-hydrogen) atoms. The Morgan fingerprint density at radius 2 is 2.20 bits per heavy atom. The van der Waals surface area contributed by atoms with Gasteiger partial charge in [-0.05, 0) is 30.9 Å². The number of nitrogens with zero attached hydrogens (tertiary/aromatic N) is 1. The second-order valence-corrected chi connectivity index (χ2v) is 5.44. The minimum absolute atomic E-state index is 0.294. The van der Waals surface area contributed by atoms with E-state index < -0.39 is 0 Å². The second-order valence-electron chi connectivity index (χ2n) is 5.44. The fourth-order valence-electron chi connectivity index (χ4n) is 2.72. The fraction of sp³-hybridized carbons (Fsp3) is 0.562. The molecular weight excluding hydrogens is 252 g/mol. The maximum absolute atomic E-state index is 11.8. The van der Waals surface area contributed by atoms with Crippen LogP contribution in [0.2, 0.25) is 0 Å². The first kappa shape index (κ1) is 14.7. The number of hydrogen-bond donors (Lipinski definition) is 1. The predicted octanol–water partition coefficient (Wildman–Crippen LogP) is 2.69. The van der Waals surface area contributed by atoms with Gasteiger partial charge in [0, 0.05) is 19.5 Å². The summed E-state index contributed by atoms with van der Waals surface area (Å²) >= 11 is 0. The zero-order valence-corrected chi connectivity index (χ0v) is 12.2. The highest BCUT2D eigenvalue weighted by Gasteiger charge is 2.28. The maximum atomic E-state index is 11.8. The lowest BCUT2D eigenvalue weighted by molar-refractivity contribution is -0.127. The van der Waals surface area contributed by atoms with Crippen LogP contribution in [0, 0.1) is 5.92 Å². The van der Waals surface area contributed by atoms with Crippen LogP contribution in [0.5, 0.6) is 5.75 Å². The monoisotopic (exact) mass is 276 g/mol. The minimum atomic E-state index is 0.294. The van der Waals surface area contributed by atoms with E-state index in [9.17, 15) is 4.79 Å². The summed E-state index contributed by atoms with van der Waals surface area (Å²) in [6.07, 6.45) is 3.88. The normalized spacial score (nSPS) is 18.6. The van der Waals surface area contributed by atoms with Gasteiger partial charge in [0.05, 0.1) is 12.3 Å². The first-order valence-corrected chi connectivity index (χ1v) is 7.45. The van der Waals surface area contributed by atoms with Gasteiger partial charge >= 0.3 is 0 Å². The van der Waals surface area contributed by atoms with E-state index >= 15 is 0 Å². The molecule has 1 amide bonds. The molecule has 0 saturated carbocycles. The van der Waals surface area contributed by atoms with Crippen LogP contribution in [0.3, 0.4) is 0 Å². The van der Waals surface area contributed by atoms with Crippen molar-refractivity contribution in [2.45, 2.75) is 32.6 Å². The van der Waals surface area contributed by atoms with Crippen LogP contribution in [0.25, 0.3) is 0 Å². The molecule has 110 valence electrons. The van der Waals surface area contributed by atoms with E-state index in [-0.39, 0.29) is 0 Å². The Morgan fingerprint density at radius 3 is 2.95 bits per heavy atom. The third-order valence-electron chi connectivity index (χ3n) is 3.74. The Balaban J connectivity index is 1.69. The molecule has 4 nitrogen and oxygen atoms in total. The van der Waals surface area contributed by atoms with Crippen LogP contribution in [-0.4, -0.2) is 30.5 Å². The van der Waals surface area contributed by atoms with Crippen molar-refractivity contribution in [2.75, 3.05) is 25.4 Å². The number of likely N-dealkylation sites (tertiary alicyclic amines) is 1. The van der Waals surface area contributed by atoms with E-state index in [4.69, 9.17) is 10.5 Å². The molecule has 1 unspecified atom stereocenters. The van der Waals surface area contributed by atoms with Crippen LogP contribution in [0.15, 0.2) is 24.3 Å². The first-order chi connectivity index (χ1) is 9.70. The number of amides is 1. The zero-order valence-electron chi connectivity index (χ0n) is 12.2. The van der Waals surface area contributed by atoms with Gasteiger partial charge in [-0.15, -0.1) is 0 Å². The Hall–Kier alpha value is -1.71. The molecule has 1 heterocycles. The van der Waals surface area contributed by atoms with E-state index in [1.807, 2.05) is 29.2 Å². The standard InChI is InChI=1S/C16H24N2O2/c1-2-6-13-11-16(19)18(12-13)9-5-10-20-15-8-4-3-7-14(15)17/h3-4,7-8,13H,2,5-6,9-12,17H2,1H3. The van der Waals surface area contributed by atoms with Gasteiger partial charge in [-0.3, -0.25) is 4.79 Å². The molecule has 2 N–H and O–H groups in total. The summed E-state index contributed by atoms with van der Waals surface area (Å²) in [6.45, 7) is 4.47. The smallest absolute Gasteiger partial charge is 0.222 e. The van der Waals surface area contributed by atoms with Gasteiger partial charge in [-0.25, -0.2) is 0 Å². The minimum Gasteiger partial charge on any atom is -0.491 e. The van der Waals surface area contributed by atoms with Crippen molar-refractivity contribution in [3.05, 3.63) is 24.3 Å². The van der Waals surface area contributed by atoms with Crippen LogP contribution >= 0.6 is 0 Å². The summed E-state index contributed by atoms with van der Waals surface area (Å²) in [5.74, 6) is 1.57. The number of ether oxygens (including phenoxy) is 1. The van der Waals surface area contributed by atoms with Crippen LogP contribution < -0.4 is 10.5 Å². The van der Waals surface area contributed by atoms with E-state index in [1.54, 1.807) is 0 Å². The molecular formula is C16H24N2O2. The molecule has 1 fully saturated rings. The molecule has 0 bridgehead atoms. The average molecular weight is 276 g/mol. The summed E-state index contributed by atoms with van der Waals surface area (Å²) < 4.78 is 5.64. The van der Waals surface area contributed by atoms with E-state index in [1.165, 1.54) is 0 Å². The highest BCUT2D eigenvalue weighted by Crippen LogP contribution is 2.23. The van der Waals surface area contributed by atoms with Crippen molar-refractivity contribution in [1.82, 2.24) is 4.90 Å². The Morgan fingerprint density at radius 1 is 1.40 bits per heavy atom. The van der Waals surface area contributed by atoms with E-state index in [0.29, 0.717) is 24.1 Å². The summed E-state index contributed by atoms with van der Waals surface area (Å²) in [5, 5.41) is 0. The van der Waals surface area contributed by atoms with Crippen molar-refractivity contribution in [1.29, 1.82) is 0 Å². The number of carbonyl (C=O) groups excluding carboxylic acids is 1. The number of hydrogen-bond acceptors (Lipinski definition) is 3. The van der Waals surface area contributed by atoms with Crippen LogP contribution in [0.1, 0.15) is 32.6 Å². The third-order valence-corrected chi connectivity index (χ3v) is 3.74. The highest BCUT2D eigenvalue weighted by molar-refractivity contribution is 5.78. The van der Waals surface area contributed by atoms with Crippen LogP contribution in [0.4, 0.5) is 5.69 Å². The molecule has 1 atom stereocenters. The molecule has 0 radical (unpaired) electrons. The first-order valence-electron chi connectivity index (χ1n) is 7.45. The molecule has 1 aliphatic heterocycles. The number of rotatable bonds is 7. The molecule has 0 aromatic heterocycles. The second kappa shape index (κ2) is 7.17. The van der Waals surface area contributed by atoms with Gasteiger partial charge in [0.1, 0.15) is 5.75 Å². The average Bonchev–Trinajstić information content (AvgIpc) is 2.77. The number of carbonyl (C=O) groups is 1. The topological polar surface area (TPSA) is 55.6 Å². The van der Waals surface area contributed by atoms with Crippen molar-refractivity contribution in [3.63, 3.8) is 0 Å². The van der Waals surface area contributed by atoms with E-state index in [2.05, 4.69) is 6.92 Å². The van der Waals surface area contributed by atoms with Gasteiger partial charge in [0.25, 0.3) is 0 Å². The SMILES string of the molecule is CCCC1CC(=O)N(CCCOc2ccccc2N)C1. The summed E-state index contributed by atoms with van der Waals surface area (Å²) in [5.41, 5.74) is 6.47. The van der Waals surface area contributed by atoms with Gasteiger partial charge in [0.2, 0.25) is 5.91 Å². The van der Waals surface area contributed by atoms with Gasteiger partial charge in [0.15, 0.2) is 0 Å². The summed E-state index contributed by atoms with van der Waals surface area (Å²) in [7, 11) is 0. The lowest BCUT2D eigenvalue weighted by Crippen LogP contribution is -2.27. The van der Waals surface area contributed by atoms with Crippen molar-refractivity contribution >= 4 is 11.6 Å². The van der Waals surface area contributed by atoms with Crippen molar-refractivity contribution in [2.24, 2.45) is 5.92 Å². The number of para-hydroxylation sites is 2. The molecule has 0 aliphatic carbocycles. The van der Waals surface area contributed by atoms with E-state index in [0.717, 1.165) is 44.5 Å². The molecule has 1 saturated heterocycles. The lowest BCUT2D eigenvalue weighted by atomic mass is 10.0. The fourth-order valence-corrected chi connectivity index (χ4v) is 2.72. The number of nitrogens with two attached hydrogens (primary N) is 1. The number of anilines is 1. The Bertz CT molecular complexity index is 448. The zero-order chi connectivity index (χ0) is 14.4. The summed E-state index contributed by atoms with van der Waals surface area (Å²) in [6, 6.07) is 7.49. The predicted molar refractivity (Wildman–Crippen MR) is 80.6 cm³/mol. The number of benzene rings is 1.